The predicted molar refractivity (Wildman–Crippen MR) is 109 cm³/mol. The Balaban J connectivity index is 1.68. The number of carbonyl (C=O) groups excluding carboxylic acids is 1. The van der Waals surface area contributed by atoms with Gasteiger partial charge in [-0.05, 0) is 23.6 Å². The molecule has 7 heteroatoms. The zero-order chi connectivity index (χ0) is 20.6. The summed E-state index contributed by atoms with van der Waals surface area (Å²) in [6, 6.07) is 17.4. The molecule has 2 N–H and O–H groups in total. The van der Waals surface area contributed by atoms with E-state index < -0.39 is 23.2 Å². The summed E-state index contributed by atoms with van der Waals surface area (Å²) >= 11 is 6.20. The minimum absolute atomic E-state index is 0.144. The van der Waals surface area contributed by atoms with Gasteiger partial charge in [0.1, 0.15) is 24.7 Å². The maximum Gasteiger partial charge on any atom is 0.323 e. The van der Waals surface area contributed by atoms with Crippen molar-refractivity contribution >= 4 is 17.6 Å². The van der Waals surface area contributed by atoms with Crippen LogP contribution in [-0.4, -0.2) is 17.1 Å². The molecule has 3 rings (SSSR count). The average molecular weight is 414 g/mol. The Morgan fingerprint density at radius 3 is 2.59 bits per heavy atom. The van der Waals surface area contributed by atoms with Gasteiger partial charge >= 0.3 is 5.97 Å². The van der Waals surface area contributed by atoms with E-state index in [1.54, 1.807) is 6.07 Å². The maximum atomic E-state index is 12.7. The molecule has 0 spiro atoms. The molecule has 0 bridgehead atoms. The van der Waals surface area contributed by atoms with E-state index in [4.69, 9.17) is 20.8 Å². The second-order valence-corrected chi connectivity index (χ2v) is 6.83. The van der Waals surface area contributed by atoms with E-state index in [0.717, 1.165) is 23.5 Å². The molecule has 0 amide bonds. The molecule has 2 aromatic carbocycles. The first-order valence-electron chi connectivity index (χ1n) is 9.01. The van der Waals surface area contributed by atoms with Gasteiger partial charge in [-0.2, -0.15) is 0 Å². The van der Waals surface area contributed by atoms with E-state index in [1.807, 2.05) is 48.5 Å². The van der Waals surface area contributed by atoms with Crippen LogP contribution in [0.15, 0.2) is 76.1 Å². The average Bonchev–Trinajstić information content (AvgIpc) is 2.73. The molecule has 0 aliphatic rings. The number of aromatic hydroxyl groups is 1. The molecule has 0 radical (unpaired) electrons. The van der Waals surface area contributed by atoms with Gasteiger partial charge in [-0.25, -0.2) is 0 Å². The molecule has 0 aliphatic heterocycles. The Hall–Kier alpha value is -3.09. The first-order chi connectivity index (χ1) is 14.0. The fourth-order valence-corrected chi connectivity index (χ4v) is 2.93. The third-order valence-corrected chi connectivity index (χ3v) is 4.66. The lowest BCUT2D eigenvalue weighted by molar-refractivity contribution is -0.148. The van der Waals surface area contributed by atoms with E-state index in [2.05, 4.69) is 5.32 Å². The highest BCUT2D eigenvalue weighted by molar-refractivity contribution is 6.31. The number of nitrogens with one attached hydrogen (secondary N) is 1. The molecular formula is C22H20ClNO5. The minimum atomic E-state index is -0.627. The SMILES string of the molecule is O=C(OCc1cc(=O)c(O)co1)[C@H](Cc1ccccc1)NCc1ccccc1Cl. The lowest BCUT2D eigenvalue weighted by Crippen LogP contribution is -2.39. The number of halogens is 1. The van der Waals surface area contributed by atoms with Gasteiger partial charge in [0.25, 0.3) is 0 Å². The van der Waals surface area contributed by atoms with Crippen molar-refractivity contribution in [3.05, 3.63) is 99.1 Å². The van der Waals surface area contributed by atoms with Crippen LogP contribution in [0.4, 0.5) is 0 Å². The Bertz CT molecular complexity index is 1020. The first kappa shape index (κ1) is 20.6. The molecule has 0 saturated carbocycles. The molecule has 1 atom stereocenters. The first-order valence-corrected chi connectivity index (χ1v) is 9.39. The summed E-state index contributed by atoms with van der Waals surface area (Å²) in [6.45, 7) is 0.175. The van der Waals surface area contributed by atoms with Gasteiger partial charge in [-0.1, -0.05) is 60.1 Å². The summed E-state index contributed by atoms with van der Waals surface area (Å²) in [4.78, 5) is 24.2. The van der Waals surface area contributed by atoms with Crippen LogP contribution in [0, 0.1) is 0 Å². The molecule has 1 heterocycles. The molecule has 0 aliphatic carbocycles. The molecule has 3 aromatic rings. The standard InChI is InChI=1S/C22H20ClNO5/c23-18-9-5-4-8-16(18)12-24-19(10-15-6-2-1-3-7-15)22(27)29-13-17-11-20(25)21(26)14-28-17/h1-9,11,14,19,24,26H,10,12-13H2/t19-/m0/s1. The van der Waals surface area contributed by atoms with Crippen LogP contribution in [0.25, 0.3) is 0 Å². The number of hydrogen-bond acceptors (Lipinski definition) is 6. The fraction of sp³-hybridized carbons (Fsp3) is 0.182. The monoisotopic (exact) mass is 413 g/mol. The lowest BCUT2D eigenvalue weighted by atomic mass is 10.1. The summed E-state index contributed by atoms with van der Waals surface area (Å²) in [7, 11) is 0. The van der Waals surface area contributed by atoms with Crippen LogP contribution in [-0.2, 0) is 29.1 Å². The van der Waals surface area contributed by atoms with E-state index in [1.165, 1.54) is 0 Å². The Kier molecular flexibility index (Phi) is 7.05. The molecule has 6 nitrogen and oxygen atoms in total. The quantitative estimate of drug-likeness (QED) is 0.550. The van der Waals surface area contributed by atoms with Crippen molar-refractivity contribution in [2.75, 3.05) is 0 Å². The van der Waals surface area contributed by atoms with Crippen LogP contribution >= 0.6 is 11.6 Å². The molecule has 1 aromatic heterocycles. The summed E-state index contributed by atoms with van der Waals surface area (Å²) < 4.78 is 10.4. The zero-order valence-electron chi connectivity index (χ0n) is 15.5. The minimum Gasteiger partial charge on any atom is -0.502 e. The summed E-state index contributed by atoms with van der Waals surface area (Å²) in [5.41, 5.74) is 1.24. The summed E-state index contributed by atoms with van der Waals surface area (Å²) in [5, 5.41) is 13.0. The Labute approximate surface area is 172 Å². The van der Waals surface area contributed by atoms with Crippen molar-refractivity contribution in [3.63, 3.8) is 0 Å². The fourth-order valence-electron chi connectivity index (χ4n) is 2.73. The number of hydrogen-bond donors (Lipinski definition) is 2. The maximum absolute atomic E-state index is 12.7. The second kappa shape index (κ2) is 9.91. The van der Waals surface area contributed by atoms with Gasteiger partial charge in [0.2, 0.25) is 5.43 Å². The van der Waals surface area contributed by atoms with Crippen LogP contribution in [0.1, 0.15) is 16.9 Å². The number of benzene rings is 2. The summed E-state index contributed by atoms with van der Waals surface area (Å²) in [6.07, 6.45) is 1.34. The topological polar surface area (TPSA) is 88.8 Å². The van der Waals surface area contributed by atoms with E-state index in [0.29, 0.717) is 18.0 Å². The highest BCUT2D eigenvalue weighted by atomic mass is 35.5. The van der Waals surface area contributed by atoms with Gasteiger partial charge in [0, 0.05) is 17.6 Å². The number of esters is 1. The molecule has 150 valence electrons. The zero-order valence-corrected chi connectivity index (χ0v) is 16.3. The van der Waals surface area contributed by atoms with Gasteiger partial charge in [-0.3, -0.25) is 14.9 Å². The Morgan fingerprint density at radius 1 is 1.14 bits per heavy atom. The third kappa shape index (κ3) is 5.94. The van der Waals surface area contributed by atoms with Crippen LogP contribution in [0.3, 0.4) is 0 Å². The van der Waals surface area contributed by atoms with Crippen LogP contribution in [0.2, 0.25) is 5.02 Å². The smallest absolute Gasteiger partial charge is 0.323 e. The Morgan fingerprint density at radius 2 is 1.86 bits per heavy atom. The summed E-state index contributed by atoms with van der Waals surface area (Å²) in [5.74, 6) is -0.842. The molecule has 0 saturated heterocycles. The third-order valence-electron chi connectivity index (χ3n) is 4.29. The lowest BCUT2D eigenvalue weighted by Gasteiger charge is -2.18. The van der Waals surface area contributed by atoms with Gasteiger partial charge in [-0.15, -0.1) is 0 Å². The van der Waals surface area contributed by atoms with Crippen molar-refractivity contribution < 1.29 is 19.1 Å². The van der Waals surface area contributed by atoms with E-state index in [9.17, 15) is 14.7 Å². The van der Waals surface area contributed by atoms with E-state index in [-0.39, 0.29) is 12.4 Å². The molecule has 0 fully saturated rings. The molecule has 0 unspecified atom stereocenters. The van der Waals surface area contributed by atoms with Crippen LogP contribution < -0.4 is 10.7 Å². The highest BCUT2D eigenvalue weighted by Gasteiger charge is 2.21. The second-order valence-electron chi connectivity index (χ2n) is 6.42. The van der Waals surface area contributed by atoms with Crippen molar-refractivity contribution in [1.82, 2.24) is 5.32 Å². The molecule has 29 heavy (non-hydrogen) atoms. The van der Waals surface area contributed by atoms with Crippen LogP contribution in [0.5, 0.6) is 5.75 Å². The van der Waals surface area contributed by atoms with Crippen molar-refractivity contribution in [2.24, 2.45) is 0 Å². The highest BCUT2D eigenvalue weighted by Crippen LogP contribution is 2.15. The van der Waals surface area contributed by atoms with E-state index >= 15 is 0 Å². The van der Waals surface area contributed by atoms with Crippen molar-refractivity contribution in [1.29, 1.82) is 0 Å². The normalized spacial score (nSPS) is 11.8. The number of carbonyl (C=O) groups is 1. The van der Waals surface area contributed by atoms with Gasteiger partial charge in [0.15, 0.2) is 5.75 Å². The molecular weight excluding hydrogens is 394 g/mol. The van der Waals surface area contributed by atoms with Crippen molar-refractivity contribution in [2.45, 2.75) is 25.6 Å². The van der Waals surface area contributed by atoms with Gasteiger partial charge < -0.3 is 14.3 Å². The van der Waals surface area contributed by atoms with Crippen molar-refractivity contribution in [3.8, 4) is 5.75 Å². The van der Waals surface area contributed by atoms with Gasteiger partial charge in [0.05, 0.1) is 0 Å². The largest absolute Gasteiger partial charge is 0.502 e. The number of rotatable bonds is 8. The predicted octanol–water partition coefficient (Wildman–Crippen LogP) is 3.44. The number of ether oxygens (including phenoxy) is 1.